The summed E-state index contributed by atoms with van der Waals surface area (Å²) in [5.74, 6) is -0.764. The van der Waals surface area contributed by atoms with E-state index >= 15 is 0 Å². The van der Waals surface area contributed by atoms with E-state index in [4.69, 9.17) is 5.11 Å². The van der Waals surface area contributed by atoms with Crippen LogP contribution in [0.4, 0.5) is 0 Å². The van der Waals surface area contributed by atoms with Crippen molar-refractivity contribution in [2.75, 3.05) is 12.3 Å². The van der Waals surface area contributed by atoms with Crippen molar-refractivity contribution in [2.45, 2.75) is 19.4 Å². The van der Waals surface area contributed by atoms with Crippen LogP contribution in [0.25, 0.3) is 6.08 Å². The van der Waals surface area contributed by atoms with E-state index in [0.717, 1.165) is 30.0 Å². The number of aliphatic carboxylic acids is 1. The minimum Gasteiger partial charge on any atom is -0.478 e. The average Bonchev–Trinajstić information content (AvgIpc) is 2.40. The first-order valence-electron chi connectivity index (χ1n) is 6.45. The molecule has 1 saturated heterocycles. The van der Waals surface area contributed by atoms with Crippen LogP contribution in [0.5, 0.6) is 0 Å². The lowest BCUT2D eigenvalue weighted by molar-refractivity contribution is -0.131. The number of hydrogen-bond donors (Lipinski definition) is 1. The Hall–Kier alpha value is -1.66. The number of carboxylic acid groups (broad SMARTS) is 1. The third-order valence-electron chi connectivity index (χ3n) is 3.21. The molecule has 0 unspecified atom stereocenters. The highest BCUT2D eigenvalue weighted by atomic mass is 32.2. The number of carboxylic acids is 1. The lowest BCUT2D eigenvalue weighted by atomic mass is 10.1. The van der Waals surface area contributed by atoms with Gasteiger partial charge in [-0.05, 0) is 30.0 Å². The third kappa shape index (κ3) is 3.91. The van der Waals surface area contributed by atoms with Gasteiger partial charge in [0.25, 0.3) is 0 Å². The highest BCUT2D eigenvalue weighted by Gasteiger charge is 2.25. The first kappa shape index (κ1) is 14.7. The minimum absolute atomic E-state index is 0.229. The zero-order chi connectivity index (χ0) is 14.6. The molecular formula is C14H17NO4S. The molecule has 2 rings (SSSR count). The predicted molar refractivity (Wildman–Crippen MR) is 76.5 cm³/mol. The van der Waals surface area contributed by atoms with Crippen molar-refractivity contribution in [1.82, 2.24) is 4.31 Å². The fourth-order valence-electron chi connectivity index (χ4n) is 2.12. The first-order valence-corrected chi connectivity index (χ1v) is 8.06. The number of hydrogen-bond acceptors (Lipinski definition) is 3. The zero-order valence-electron chi connectivity index (χ0n) is 11.0. The molecular weight excluding hydrogens is 278 g/mol. The van der Waals surface area contributed by atoms with Gasteiger partial charge in [-0.25, -0.2) is 13.2 Å². The number of carbonyl (C=O) groups is 1. The molecule has 0 radical (unpaired) electrons. The molecule has 20 heavy (non-hydrogen) atoms. The van der Waals surface area contributed by atoms with Crippen molar-refractivity contribution in [3.8, 4) is 0 Å². The van der Waals surface area contributed by atoms with Gasteiger partial charge in [0.15, 0.2) is 0 Å². The predicted octanol–water partition coefficient (Wildman–Crippen LogP) is 1.71. The van der Waals surface area contributed by atoms with Crippen molar-refractivity contribution in [2.24, 2.45) is 0 Å². The molecule has 1 fully saturated rings. The van der Waals surface area contributed by atoms with Crippen LogP contribution < -0.4 is 0 Å². The van der Waals surface area contributed by atoms with Crippen LogP contribution >= 0.6 is 0 Å². The highest BCUT2D eigenvalue weighted by molar-refractivity contribution is 7.89. The number of nitrogens with zero attached hydrogens (tertiary/aromatic N) is 1. The average molecular weight is 295 g/mol. The molecule has 0 aromatic heterocycles. The van der Waals surface area contributed by atoms with Crippen LogP contribution in [0.3, 0.4) is 0 Å². The van der Waals surface area contributed by atoms with Crippen LogP contribution in [-0.4, -0.2) is 36.1 Å². The topological polar surface area (TPSA) is 74.7 Å². The summed E-state index contributed by atoms with van der Waals surface area (Å²) >= 11 is 0. The molecule has 1 aromatic carbocycles. The summed E-state index contributed by atoms with van der Waals surface area (Å²) in [6.45, 7) is 0.953. The fraction of sp³-hybridized carbons (Fsp3) is 0.357. The Morgan fingerprint density at radius 3 is 2.55 bits per heavy atom. The fourth-order valence-corrected chi connectivity index (χ4v) is 3.70. The van der Waals surface area contributed by atoms with E-state index in [9.17, 15) is 13.2 Å². The Bertz CT molecular complexity index is 605. The smallest absolute Gasteiger partial charge is 0.328 e. The summed E-state index contributed by atoms with van der Waals surface area (Å²) in [7, 11) is -3.11. The van der Waals surface area contributed by atoms with Crippen molar-refractivity contribution >= 4 is 22.1 Å². The summed E-state index contributed by atoms with van der Waals surface area (Å²) in [6.07, 6.45) is 4.21. The molecule has 1 aliphatic rings. The van der Waals surface area contributed by atoms with Crippen molar-refractivity contribution in [3.63, 3.8) is 0 Å². The molecule has 6 heteroatoms. The number of sulfonamides is 1. The quantitative estimate of drug-likeness (QED) is 0.858. The standard InChI is InChI=1S/C14H17NO4S/c16-14(17)8-7-12-3-5-13(6-4-12)11-15-9-1-2-10-20(15,18)19/h3-8H,1-2,9-11H2,(H,16,17)/b8-7+. The van der Waals surface area contributed by atoms with Gasteiger partial charge in [0.05, 0.1) is 5.75 Å². The Kier molecular flexibility index (Phi) is 4.57. The molecule has 1 heterocycles. The lowest BCUT2D eigenvalue weighted by Gasteiger charge is -2.26. The maximum atomic E-state index is 11.9. The van der Waals surface area contributed by atoms with E-state index in [1.165, 1.54) is 10.4 Å². The van der Waals surface area contributed by atoms with Crippen molar-refractivity contribution < 1.29 is 18.3 Å². The van der Waals surface area contributed by atoms with Crippen LogP contribution in [0.1, 0.15) is 24.0 Å². The van der Waals surface area contributed by atoms with E-state index in [1.807, 2.05) is 12.1 Å². The van der Waals surface area contributed by atoms with Gasteiger partial charge in [0, 0.05) is 19.2 Å². The maximum Gasteiger partial charge on any atom is 0.328 e. The molecule has 1 aliphatic heterocycles. The van der Waals surface area contributed by atoms with E-state index in [-0.39, 0.29) is 5.75 Å². The minimum atomic E-state index is -3.11. The summed E-state index contributed by atoms with van der Waals surface area (Å²) < 4.78 is 25.3. The van der Waals surface area contributed by atoms with Gasteiger partial charge >= 0.3 is 5.97 Å². The van der Waals surface area contributed by atoms with E-state index in [2.05, 4.69) is 0 Å². The second-order valence-electron chi connectivity index (χ2n) is 4.77. The van der Waals surface area contributed by atoms with Crippen LogP contribution in [-0.2, 0) is 21.4 Å². The highest BCUT2D eigenvalue weighted by Crippen LogP contribution is 2.17. The molecule has 0 aliphatic carbocycles. The van der Waals surface area contributed by atoms with E-state index < -0.39 is 16.0 Å². The molecule has 1 aromatic rings. The van der Waals surface area contributed by atoms with Gasteiger partial charge in [-0.1, -0.05) is 24.3 Å². The first-order chi connectivity index (χ1) is 9.47. The van der Waals surface area contributed by atoms with Gasteiger partial charge in [-0.15, -0.1) is 0 Å². The van der Waals surface area contributed by atoms with Crippen LogP contribution in [0.15, 0.2) is 30.3 Å². The lowest BCUT2D eigenvalue weighted by Crippen LogP contribution is -2.37. The largest absolute Gasteiger partial charge is 0.478 e. The van der Waals surface area contributed by atoms with Gasteiger partial charge < -0.3 is 5.11 Å². The van der Waals surface area contributed by atoms with E-state index in [0.29, 0.717) is 13.1 Å². The van der Waals surface area contributed by atoms with Gasteiger partial charge in [0.1, 0.15) is 0 Å². The molecule has 0 atom stereocenters. The van der Waals surface area contributed by atoms with Gasteiger partial charge in [-0.2, -0.15) is 4.31 Å². The Morgan fingerprint density at radius 1 is 1.25 bits per heavy atom. The Balaban J connectivity index is 2.05. The molecule has 5 nitrogen and oxygen atoms in total. The summed E-state index contributed by atoms with van der Waals surface area (Å²) in [4.78, 5) is 10.4. The molecule has 0 bridgehead atoms. The van der Waals surface area contributed by atoms with Crippen molar-refractivity contribution in [1.29, 1.82) is 0 Å². The normalized spacial score (nSPS) is 19.2. The summed E-state index contributed by atoms with van der Waals surface area (Å²) in [6, 6.07) is 7.22. The summed E-state index contributed by atoms with van der Waals surface area (Å²) in [5.41, 5.74) is 1.68. The van der Waals surface area contributed by atoms with Gasteiger partial charge in [-0.3, -0.25) is 0 Å². The SMILES string of the molecule is O=C(O)/C=C/c1ccc(CN2CCCCS2(=O)=O)cc1. The molecule has 0 saturated carbocycles. The van der Waals surface area contributed by atoms with Crippen LogP contribution in [0.2, 0.25) is 0 Å². The number of rotatable bonds is 4. The monoisotopic (exact) mass is 295 g/mol. The van der Waals surface area contributed by atoms with Crippen LogP contribution in [0, 0.1) is 0 Å². The Morgan fingerprint density at radius 2 is 1.95 bits per heavy atom. The molecule has 108 valence electrons. The zero-order valence-corrected chi connectivity index (χ0v) is 11.8. The van der Waals surface area contributed by atoms with Gasteiger partial charge in [0.2, 0.25) is 10.0 Å². The second kappa shape index (κ2) is 6.19. The second-order valence-corrected chi connectivity index (χ2v) is 6.86. The van der Waals surface area contributed by atoms with E-state index in [1.54, 1.807) is 12.1 Å². The molecule has 1 N–H and O–H groups in total. The third-order valence-corrected chi connectivity index (χ3v) is 5.11. The number of benzene rings is 1. The Labute approximate surface area is 118 Å². The molecule has 0 amide bonds. The summed E-state index contributed by atoms with van der Waals surface area (Å²) in [5, 5.41) is 8.54. The van der Waals surface area contributed by atoms with Crippen molar-refractivity contribution in [3.05, 3.63) is 41.5 Å². The molecule has 0 spiro atoms. The maximum absolute atomic E-state index is 11.9.